The summed E-state index contributed by atoms with van der Waals surface area (Å²) >= 11 is 0. The Morgan fingerprint density at radius 3 is 1.78 bits per heavy atom. The molecule has 0 amide bonds. The molecule has 0 bridgehead atoms. The van der Waals surface area contributed by atoms with Crippen molar-refractivity contribution in [2.75, 3.05) is 0 Å². The second-order valence-electron chi connectivity index (χ2n) is 11.3. The summed E-state index contributed by atoms with van der Waals surface area (Å²) in [5.41, 5.74) is 9.51. The van der Waals surface area contributed by atoms with Crippen molar-refractivity contribution in [3.05, 3.63) is 158 Å². The van der Waals surface area contributed by atoms with Crippen molar-refractivity contribution in [2.45, 2.75) is 0 Å². The Labute approximate surface area is 265 Å². The highest BCUT2D eigenvalue weighted by Crippen LogP contribution is 2.40. The van der Waals surface area contributed by atoms with Crippen LogP contribution in [0.4, 0.5) is 0 Å². The monoisotopic (exact) mass is 590 g/mol. The van der Waals surface area contributed by atoms with Gasteiger partial charge in [-0.3, -0.25) is 4.57 Å². The first-order valence-electron chi connectivity index (χ1n) is 15.3. The Balaban J connectivity index is 1.38. The van der Waals surface area contributed by atoms with E-state index in [9.17, 15) is 0 Å². The summed E-state index contributed by atoms with van der Waals surface area (Å²) in [4.78, 5) is 15.2. The van der Waals surface area contributed by atoms with Crippen LogP contribution in [0.25, 0.3) is 83.9 Å². The van der Waals surface area contributed by atoms with Gasteiger partial charge in [-0.25, -0.2) is 15.0 Å². The summed E-state index contributed by atoms with van der Waals surface area (Å²) in [5.74, 6) is 2.00. The number of benzene rings is 6. The normalized spacial score (nSPS) is 11.5. The van der Waals surface area contributed by atoms with Crippen molar-refractivity contribution < 1.29 is 4.42 Å². The Morgan fingerprint density at radius 2 is 1.09 bits per heavy atom. The van der Waals surface area contributed by atoms with Gasteiger partial charge in [0.2, 0.25) is 5.89 Å². The average Bonchev–Trinajstić information content (AvgIpc) is 3.72. The molecule has 6 aromatic carbocycles. The molecule has 0 aliphatic rings. The van der Waals surface area contributed by atoms with E-state index in [1.54, 1.807) is 0 Å². The van der Waals surface area contributed by atoms with Crippen LogP contribution in [0, 0.1) is 0 Å². The molecule has 0 atom stereocenters. The molecule has 0 fully saturated rings. The van der Waals surface area contributed by atoms with E-state index < -0.39 is 0 Å². The maximum Gasteiger partial charge on any atom is 0.227 e. The molecule has 9 aromatic rings. The number of aromatic nitrogens is 4. The largest absolute Gasteiger partial charge is 0.434 e. The fraction of sp³-hybridized carbons (Fsp3) is 0. The van der Waals surface area contributed by atoms with Crippen LogP contribution in [0.3, 0.4) is 0 Å². The molecule has 46 heavy (non-hydrogen) atoms. The summed E-state index contributed by atoms with van der Waals surface area (Å²) in [5, 5.41) is 2.18. The first-order valence-corrected chi connectivity index (χ1v) is 15.3. The molecule has 0 radical (unpaired) electrons. The zero-order valence-corrected chi connectivity index (χ0v) is 24.7. The molecule has 9 rings (SSSR count). The number of nitrogens with zero attached hydrogens (tertiary/aromatic N) is 4. The zero-order valence-electron chi connectivity index (χ0n) is 24.7. The lowest BCUT2D eigenvalue weighted by Crippen LogP contribution is -2.02. The number of fused-ring (bicyclic) bond motifs is 5. The lowest BCUT2D eigenvalue weighted by molar-refractivity contribution is 0.621. The van der Waals surface area contributed by atoms with Gasteiger partial charge in [-0.05, 0) is 47.5 Å². The van der Waals surface area contributed by atoms with Gasteiger partial charge in [0.25, 0.3) is 0 Å². The SMILES string of the molecule is c1ccc(-c2ccc3c(c2)c2ccc4nc(-c5ccccc5)oc4c2n3-c2cc(-c3ccccc3)nc(-c3ccccc3)n2)cc1. The van der Waals surface area contributed by atoms with E-state index in [0.29, 0.717) is 11.7 Å². The maximum absolute atomic E-state index is 6.63. The van der Waals surface area contributed by atoms with Crippen molar-refractivity contribution in [1.82, 2.24) is 19.5 Å². The quantitative estimate of drug-likeness (QED) is 0.200. The Morgan fingerprint density at radius 1 is 0.457 bits per heavy atom. The molecule has 0 aliphatic heterocycles. The Bertz CT molecular complexity index is 2410. The fourth-order valence-corrected chi connectivity index (χ4v) is 6.26. The molecule has 0 N–H and O–H groups in total. The first kappa shape index (κ1) is 26.1. The summed E-state index contributed by atoms with van der Waals surface area (Å²) in [7, 11) is 0. The second kappa shape index (κ2) is 10.7. The molecule has 0 unspecified atom stereocenters. The summed E-state index contributed by atoms with van der Waals surface area (Å²) < 4.78 is 8.84. The fourth-order valence-electron chi connectivity index (χ4n) is 6.26. The van der Waals surface area contributed by atoms with E-state index in [2.05, 4.69) is 77.4 Å². The summed E-state index contributed by atoms with van der Waals surface area (Å²) in [6.07, 6.45) is 0. The lowest BCUT2D eigenvalue weighted by atomic mass is 10.0. The third-order valence-electron chi connectivity index (χ3n) is 8.45. The van der Waals surface area contributed by atoms with Crippen LogP contribution in [0.15, 0.2) is 162 Å². The highest BCUT2D eigenvalue weighted by Gasteiger charge is 2.22. The van der Waals surface area contributed by atoms with E-state index in [4.69, 9.17) is 19.4 Å². The molecule has 5 heteroatoms. The third-order valence-corrected chi connectivity index (χ3v) is 8.45. The molecule has 0 spiro atoms. The molecule has 3 heterocycles. The van der Waals surface area contributed by atoms with Crippen molar-refractivity contribution >= 4 is 32.9 Å². The molecule has 3 aromatic heterocycles. The number of hydrogen-bond donors (Lipinski definition) is 0. The van der Waals surface area contributed by atoms with E-state index in [1.807, 2.05) is 84.9 Å². The molecule has 0 saturated heterocycles. The van der Waals surface area contributed by atoms with Crippen LogP contribution < -0.4 is 0 Å². The zero-order chi connectivity index (χ0) is 30.5. The smallest absolute Gasteiger partial charge is 0.227 e. The van der Waals surface area contributed by atoms with Gasteiger partial charge in [-0.2, -0.15) is 0 Å². The van der Waals surface area contributed by atoms with Crippen LogP contribution in [0.2, 0.25) is 0 Å². The van der Waals surface area contributed by atoms with Gasteiger partial charge in [-0.1, -0.05) is 115 Å². The number of hydrogen-bond acceptors (Lipinski definition) is 4. The standard InChI is InChI=1S/C41H26N4O/c1-5-13-27(14-6-1)31-21-24-36-33(25-31)32-22-23-34-39(46-41(43-34)30-19-11-4-12-20-30)38(32)45(36)37-26-35(28-15-7-2-8-16-28)42-40(44-37)29-17-9-3-10-18-29/h1-26H. The predicted molar refractivity (Wildman–Crippen MR) is 186 cm³/mol. The van der Waals surface area contributed by atoms with E-state index in [-0.39, 0.29) is 0 Å². The highest BCUT2D eigenvalue weighted by atomic mass is 16.3. The van der Waals surface area contributed by atoms with Gasteiger partial charge in [-0.15, -0.1) is 0 Å². The average molecular weight is 591 g/mol. The maximum atomic E-state index is 6.63. The van der Waals surface area contributed by atoms with Crippen molar-refractivity contribution in [3.8, 4) is 51.0 Å². The highest BCUT2D eigenvalue weighted by molar-refractivity contribution is 6.17. The lowest BCUT2D eigenvalue weighted by Gasteiger charge is -2.12. The van der Waals surface area contributed by atoms with Gasteiger partial charge in [0.1, 0.15) is 16.9 Å². The van der Waals surface area contributed by atoms with Crippen molar-refractivity contribution in [1.29, 1.82) is 0 Å². The van der Waals surface area contributed by atoms with E-state index >= 15 is 0 Å². The number of oxazole rings is 1. The molecule has 216 valence electrons. The minimum absolute atomic E-state index is 0.586. The minimum atomic E-state index is 0.586. The van der Waals surface area contributed by atoms with Crippen molar-refractivity contribution in [3.63, 3.8) is 0 Å². The summed E-state index contributed by atoms with van der Waals surface area (Å²) in [6, 6.07) is 53.8. The first-order chi connectivity index (χ1) is 22.8. The van der Waals surface area contributed by atoms with Gasteiger partial charge >= 0.3 is 0 Å². The van der Waals surface area contributed by atoms with E-state index in [1.165, 1.54) is 0 Å². The van der Waals surface area contributed by atoms with Crippen molar-refractivity contribution in [2.24, 2.45) is 0 Å². The molecular formula is C41H26N4O. The molecule has 0 aliphatic carbocycles. The number of rotatable bonds is 5. The van der Waals surface area contributed by atoms with Gasteiger partial charge in [0.05, 0.1) is 11.2 Å². The topological polar surface area (TPSA) is 56.7 Å². The predicted octanol–water partition coefficient (Wildman–Crippen LogP) is 10.4. The molecule has 0 saturated carbocycles. The third kappa shape index (κ3) is 4.37. The Kier molecular flexibility index (Phi) is 6.06. The Hall–Kier alpha value is -6.33. The molecule has 5 nitrogen and oxygen atoms in total. The van der Waals surface area contributed by atoms with Crippen LogP contribution in [-0.2, 0) is 0 Å². The van der Waals surface area contributed by atoms with Gasteiger partial charge < -0.3 is 4.42 Å². The van der Waals surface area contributed by atoms with E-state index in [0.717, 1.165) is 72.2 Å². The van der Waals surface area contributed by atoms with Gasteiger partial charge in [0.15, 0.2) is 11.4 Å². The minimum Gasteiger partial charge on any atom is -0.434 e. The van der Waals surface area contributed by atoms with Crippen LogP contribution in [-0.4, -0.2) is 19.5 Å². The van der Waals surface area contributed by atoms with Crippen LogP contribution in [0.5, 0.6) is 0 Å². The molecular weight excluding hydrogens is 564 g/mol. The van der Waals surface area contributed by atoms with Crippen LogP contribution >= 0.6 is 0 Å². The van der Waals surface area contributed by atoms with Gasteiger partial charge in [0, 0.05) is 33.5 Å². The van der Waals surface area contributed by atoms with Crippen LogP contribution in [0.1, 0.15) is 0 Å². The second-order valence-corrected chi connectivity index (χ2v) is 11.3. The summed E-state index contributed by atoms with van der Waals surface area (Å²) in [6.45, 7) is 0.